The van der Waals surface area contributed by atoms with Crippen LogP contribution in [0.25, 0.3) is 0 Å². The molecule has 3 rings (SSSR count). The molecule has 0 saturated carbocycles. The van der Waals surface area contributed by atoms with Crippen LogP contribution in [0, 0.1) is 20.8 Å². The second-order valence-electron chi connectivity index (χ2n) is 6.07. The lowest BCUT2D eigenvalue weighted by molar-refractivity contribution is 0.280. The normalized spacial score (nSPS) is 20.5. The number of nitrogens with zero attached hydrogens (tertiary/aromatic N) is 1. The van der Waals surface area contributed by atoms with Crippen molar-refractivity contribution < 1.29 is 13.3 Å². The summed E-state index contributed by atoms with van der Waals surface area (Å²) in [5.74, 6) is 0. The smallest absolute Gasteiger partial charge is 0.259 e. The predicted molar refractivity (Wildman–Crippen MR) is 89.3 cm³/mol. The van der Waals surface area contributed by atoms with Gasteiger partial charge in [0, 0.05) is 0 Å². The lowest BCUT2D eigenvalue weighted by Crippen LogP contribution is -2.17. The molecule has 1 fully saturated rings. The monoisotopic (exact) mass is 331 g/mol. The molecule has 122 valence electrons. The Labute approximate surface area is 137 Å². The van der Waals surface area contributed by atoms with Gasteiger partial charge in [-0.25, -0.2) is 8.42 Å². The number of rotatable bonds is 5. The number of hydrogen-bond donors (Lipinski definition) is 0. The molecule has 0 aliphatic carbocycles. The molecule has 0 bridgehead atoms. The maximum atomic E-state index is 12.8. The number of aryl methyl sites for hydroxylation is 4. The maximum absolute atomic E-state index is 12.8. The van der Waals surface area contributed by atoms with E-state index in [-0.39, 0.29) is 6.23 Å². The average Bonchev–Trinajstić information content (AvgIpc) is 3.25. The van der Waals surface area contributed by atoms with Crippen molar-refractivity contribution >= 4 is 10.0 Å². The molecular formula is C18H21NO3S. The van der Waals surface area contributed by atoms with Crippen molar-refractivity contribution in [2.45, 2.75) is 44.7 Å². The molecule has 0 aromatic heterocycles. The van der Waals surface area contributed by atoms with Crippen molar-refractivity contribution in [3.8, 4) is 0 Å². The fourth-order valence-corrected chi connectivity index (χ4v) is 4.80. The quantitative estimate of drug-likeness (QED) is 0.788. The molecule has 2 atom stereocenters. The van der Waals surface area contributed by atoms with E-state index >= 15 is 0 Å². The van der Waals surface area contributed by atoms with Crippen LogP contribution in [0.15, 0.2) is 47.4 Å². The van der Waals surface area contributed by atoms with Gasteiger partial charge in [-0.15, -0.1) is 0 Å². The highest BCUT2D eigenvalue weighted by molar-refractivity contribution is 7.89. The van der Waals surface area contributed by atoms with E-state index in [9.17, 15) is 8.42 Å². The lowest BCUT2D eigenvalue weighted by Gasteiger charge is -2.11. The van der Waals surface area contributed by atoms with Crippen LogP contribution >= 0.6 is 0 Å². The predicted octanol–water partition coefficient (Wildman–Crippen LogP) is 3.51. The summed E-state index contributed by atoms with van der Waals surface area (Å²) in [5, 5.41) is 0. The van der Waals surface area contributed by atoms with Gasteiger partial charge in [0.1, 0.15) is 0 Å². The van der Waals surface area contributed by atoms with E-state index in [2.05, 4.69) is 0 Å². The molecule has 0 spiro atoms. The first-order valence-electron chi connectivity index (χ1n) is 7.72. The van der Waals surface area contributed by atoms with Gasteiger partial charge < -0.3 is 0 Å². The summed E-state index contributed by atoms with van der Waals surface area (Å²) in [7, 11) is -3.59. The molecule has 0 radical (unpaired) electrons. The minimum atomic E-state index is -3.59. The molecule has 4 nitrogen and oxygen atoms in total. The molecule has 5 heteroatoms. The number of benzene rings is 2. The Morgan fingerprint density at radius 2 is 1.65 bits per heavy atom. The first kappa shape index (κ1) is 16.2. The highest BCUT2D eigenvalue weighted by Gasteiger charge is 2.48. The van der Waals surface area contributed by atoms with Crippen LogP contribution in [0.1, 0.15) is 28.7 Å². The molecule has 1 heterocycles. The number of hydroxylamine groups is 1. The minimum Gasteiger partial charge on any atom is -0.259 e. The largest absolute Gasteiger partial charge is 0.268 e. The summed E-state index contributed by atoms with van der Waals surface area (Å²) >= 11 is 0. The molecule has 1 unspecified atom stereocenters. The molecule has 2 aromatic carbocycles. The van der Waals surface area contributed by atoms with Crippen molar-refractivity contribution in [1.82, 2.24) is 4.47 Å². The summed E-state index contributed by atoms with van der Waals surface area (Å²) < 4.78 is 26.7. The molecule has 0 amide bonds. The van der Waals surface area contributed by atoms with Crippen LogP contribution < -0.4 is 0 Å². The number of hydrogen-bond acceptors (Lipinski definition) is 3. The Morgan fingerprint density at radius 3 is 2.26 bits per heavy atom. The van der Waals surface area contributed by atoms with Gasteiger partial charge in [-0.2, -0.15) is 0 Å². The van der Waals surface area contributed by atoms with E-state index < -0.39 is 10.0 Å². The molecular weight excluding hydrogens is 310 g/mol. The van der Waals surface area contributed by atoms with Gasteiger partial charge in [0.2, 0.25) is 0 Å². The van der Waals surface area contributed by atoms with Crippen LogP contribution in [-0.4, -0.2) is 19.1 Å². The Bertz CT molecular complexity index is 792. The zero-order valence-electron chi connectivity index (χ0n) is 13.6. The second kappa shape index (κ2) is 6.07. The number of sulfonamides is 1. The maximum Gasteiger partial charge on any atom is 0.268 e. The van der Waals surface area contributed by atoms with Crippen molar-refractivity contribution in [3.05, 3.63) is 64.7 Å². The van der Waals surface area contributed by atoms with Crippen LogP contribution in [-0.2, 0) is 21.3 Å². The molecule has 1 aliphatic heterocycles. The van der Waals surface area contributed by atoms with Crippen LogP contribution in [0.2, 0.25) is 0 Å². The summed E-state index contributed by atoms with van der Waals surface area (Å²) in [5.41, 5.74) is 3.77. The third kappa shape index (κ3) is 3.32. The third-order valence-corrected chi connectivity index (χ3v) is 5.99. The highest BCUT2D eigenvalue weighted by Crippen LogP contribution is 2.35. The molecule has 23 heavy (non-hydrogen) atoms. The lowest BCUT2D eigenvalue weighted by atomic mass is 10.1. The first-order valence-corrected chi connectivity index (χ1v) is 9.16. The molecule has 1 saturated heterocycles. The van der Waals surface area contributed by atoms with Gasteiger partial charge >= 0.3 is 0 Å². The van der Waals surface area contributed by atoms with Gasteiger partial charge in [0.15, 0.2) is 6.23 Å². The van der Waals surface area contributed by atoms with E-state index in [1.807, 2.05) is 63.2 Å². The zero-order chi connectivity index (χ0) is 16.6. The molecule has 2 aromatic rings. The standard InChI is InChI=1S/C18H21NO3S/c1-13-11-14(2)18(15(3)12-13)23(20,21)19-17(22-19)10-9-16-7-5-4-6-8-16/h4-8,11-12,17H,9-10H2,1-3H3/t17-,19?/m1/s1. The van der Waals surface area contributed by atoms with E-state index in [4.69, 9.17) is 4.84 Å². The molecule has 0 N–H and O–H groups in total. The highest BCUT2D eigenvalue weighted by atomic mass is 32.2. The minimum absolute atomic E-state index is 0.361. The van der Waals surface area contributed by atoms with Gasteiger partial charge in [-0.1, -0.05) is 48.0 Å². The summed E-state index contributed by atoms with van der Waals surface area (Å²) in [4.78, 5) is 5.71. The van der Waals surface area contributed by atoms with Gasteiger partial charge in [-0.3, -0.25) is 4.84 Å². The van der Waals surface area contributed by atoms with Gasteiger partial charge in [0.05, 0.1) is 4.90 Å². The van der Waals surface area contributed by atoms with Crippen LogP contribution in [0.3, 0.4) is 0 Å². The van der Waals surface area contributed by atoms with Gasteiger partial charge in [0.25, 0.3) is 10.0 Å². The van der Waals surface area contributed by atoms with Crippen molar-refractivity contribution in [1.29, 1.82) is 0 Å². The van der Waals surface area contributed by atoms with Crippen LogP contribution in [0.4, 0.5) is 0 Å². The zero-order valence-corrected chi connectivity index (χ0v) is 14.4. The summed E-state index contributed by atoms with van der Waals surface area (Å²) in [6.07, 6.45) is 1.09. The Kier molecular flexibility index (Phi) is 4.27. The Balaban J connectivity index is 1.73. The average molecular weight is 331 g/mol. The van der Waals surface area contributed by atoms with Crippen molar-refractivity contribution in [2.24, 2.45) is 0 Å². The Hall–Kier alpha value is -1.69. The van der Waals surface area contributed by atoms with E-state index in [0.29, 0.717) is 11.3 Å². The topological polar surface area (TPSA) is 49.7 Å². The Morgan fingerprint density at radius 1 is 1.04 bits per heavy atom. The second-order valence-corrected chi connectivity index (χ2v) is 7.79. The van der Waals surface area contributed by atoms with E-state index in [0.717, 1.165) is 27.6 Å². The fourth-order valence-electron chi connectivity index (χ4n) is 3.06. The summed E-state index contributed by atoms with van der Waals surface area (Å²) in [6.45, 7) is 5.62. The van der Waals surface area contributed by atoms with Crippen molar-refractivity contribution in [3.63, 3.8) is 0 Å². The van der Waals surface area contributed by atoms with Gasteiger partial charge in [-0.05, 0) is 54.8 Å². The first-order chi connectivity index (χ1) is 10.9. The SMILES string of the molecule is Cc1cc(C)c(S(=O)(=O)N2O[C@@H]2CCc2ccccc2)c(C)c1. The summed E-state index contributed by atoms with van der Waals surface area (Å²) in [6, 6.07) is 13.8. The fraction of sp³-hybridized carbons (Fsp3) is 0.333. The van der Waals surface area contributed by atoms with Crippen molar-refractivity contribution in [2.75, 3.05) is 0 Å². The van der Waals surface area contributed by atoms with Crippen LogP contribution in [0.5, 0.6) is 0 Å². The van der Waals surface area contributed by atoms with E-state index in [1.165, 1.54) is 5.56 Å². The van der Waals surface area contributed by atoms with E-state index in [1.54, 1.807) is 0 Å². The molecule has 1 aliphatic rings. The third-order valence-electron chi connectivity index (χ3n) is 4.04.